The largest absolute Gasteiger partial charge is 0.375 e. The highest BCUT2D eigenvalue weighted by atomic mass is 32.2. The predicted molar refractivity (Wildman–Crippen MR) is 73.3 cm³/mol. The minimum Gasteiger partial charge on any atom is -0.375 e. The third-order valence-corrected chi connectivity index (χ3v) is 4.12. The summed E-state index contributed by atoms with van der Waals surface area (Å²) in [6.07, 6.45) is 7.68. The van der Waals surface area contributed by atoms with Crippen LogP contribution in [-0.4, -0.2) is 36.3 Å². The summed E-state index contributed by atoms with van der Waals surface area (Å²) in [5.74, 6) is 0. The van der Waals surface area contributed by atoms with Crippen molar-refractivity contribution in [3.63, 3.8) is 0 Å². The van der Waals surface area contributed by atoms with Crippen molar-refractivity contribution in [2.45, 2.75) is 63.3 Å². The van der Waals surface area contributed by atoms with Crippen LogP contribution in [0.15, 0.2) is 0 Å². The Hall–Kier alpha value is 0.270. The predicted octanol–water partition coefficient (Wildman–Crippen LogP) is 3.07. The van der Waals surface area contributed by atoms with Gasteiger partial charge in [0.25, 0.3) is 0 Å². The van der Waals surface area contributed by atoms with E-state index in [-0.39, 0.29) is 5.60 Å². The van der Waals surface area contributed by atoms with Gasteiger partial charge in [0.05, 0.1) is 12.2 Å². The molecule has 1 rings (SSSR count). The first-order valence-corrected chi connectivity index (χ1v) is 7.70. The second-order valence-electron chi connectivity index (χ2n) is 5.64. The fourth-order valence-electron chi connectivity index (χ4n) is 2.16. The smallest absolute Gasteiger partial charge is 0.0599 e. The van der Waals surface area contributed by atoms with Crippen LogP contribution in [0.4, 0.5) is 0 Å². The van der Waals surface area contributed by atoms with E-state index < -0.39 is 0 Å². The summed E-state index contributed by atoms with van der Waals surface area (Å²) < 4.78 is 5.71. The maximum atomic E-state index is 5.71. The molecule has 1 aliphatic carbocycles. The summed E-state index contributed by atoms with van der Waals surface area (Å²) in [4.78, 5) is 0. The average molecular weight is 245 g/mol. The van der Waals surface area contributed by atoms with Crippen LogP contribution in [0, 0.1) is 0 Å². The van der Waals surface area contributed by atoms with Crippen molar-refractivity contribution in [2.75, 3.05) is 19.4 Å². The molecular weight excluding hydrogens is 218 g/mol. The molecule has 0 aromatic heterocycles. The van der Waals surface area contributed by atoms with E-state index in [4.69, 9.17) is 4.74 Å². The van der Waals surface area contributed by atoms with E-state index in [1.54, 1.807) is 0 Å². The lowest BCUT2D eigenvalue weighted by atomic mass is 9.95. The molecule has 1 N–H and O–H groups in total. The zero-order chi connectivity index (χ0) is 12.0. The molecule has 1 fully saturated rings. The van der Waals surface area contributed by atoms with Crippen molar-refractivity contribution in [2.24, 2.45) is 0 Å². The van der Waals surface area contributed by atoms with Gasteiger partial charge in [-0.2, -0.15) is 11.8 Å². The molecule has 96 valence electrons. The van der Waals surface area contributed by atoms with E-state index in [1.165, 1.54) is 25.7 Å². The summed E-state index contributed by atoms with van der Waals surface area (Å²) in [6.45, 7) is 8.14. The Labute approximate surface area is 105 Å². The van der Waals surface area contributed by atoms with Gasteiger partial charge in [-0.3, -0.25) is 0 Å². The van der Waals surface area contributed by atoms with Crippen LogP contribution in [-0.2, 0) is 4.74 Å². The zero-order valence-electron chi connectivity index (χ0n) is 11.2. The van der Waals surface area contributed by atoms with Gasteiger partial charge in [0, 0.05) is 17.8 Å². The maximum Gasteiger partial charge on any atom is 0.0599 e. The normalized spacial score (nSPS) is 27.0. The first kappa shape index (κ1) is 14.3. The summed E-state index contributed by atoms with van der Waals surface area (Å²) in [7, 11) is 0. The van der Waals surface area contributed by atoms with E-state index in [9.17, 15) is 0 Å². The van der Waals surface area contributed by atoms with Crippen LogP contribution in [0.25, 0.3) is 0 Å². The lowest BCUT2D eigenvalue weighted by molar-refractivity contribution is -0.00193. The van der Waals surface area contributed by atoms with Crippen molar-refractivity contribution in [3.8, 4) is 0 Å². The lowest BCUT2D eigenvalue weighted by Crippen LogP contribution is -2.37. The Kier molecular flexibility index (Phi) is 6.16. The fraction of sp³-hybridized carbons (Fsp3) is 1.00. The quantitative estimate of drug-likeness (QED) is 0.752. The van der Waals surface area contributed by atoms with Gasteiger partial charge in [-0.1, -0.05) is 6.42 Å². The number of ether oxygens (including phenoxy) is 1. The van der Waals surface area contributed by atoms with Crippen molar-refractivity contribution in [1.29, 1.82) is 0 Å². The molecule has 1 saturated carbocycles. The molecule has 2 atom stereocenters. The number of hydrogen-bond donors (Lipinski definition) is 1. The summed E-state index contributed by atoms with van der Waals surface area (Å²) in [5.41, 5.74) is -0.00392. The third kappa shape index (κ3) is 6.12. The maximum absolute atomic E-state index is 5.71. The first-order chi connectivity index (χ1) is 7.51. The molecule has 3 heteroatoms. The van der Waals surface area contributed by atoms with E-state index in [0.29, 0.717) is 0 Å². The molecule has 16 heavy (non-hydrogen) atoms. The molecule has 0 amide bonds. The monoisotopic (exact) mass is 245 g/mol. The zero-order valence-corrected chi connectivity index (χ0v) is 12.0. The molecule has 0 radical (unpaired) electrons. The molecule has 0 spiro atoms. The topological polar surface area (TPSA) is 21.3 Å². The molecule has 0 aromatic carbocycles. The minimum absolute atomic E-state index is 0.00392. The van der Waals surface area contributed by atoms with Crippen LogP contribution < -0.4 is 5.32 Å². The molecule has 0 bridgehead atoms. The fourth-order valence-corrected chi connectivity index (χ4v) is 2.99. The second-order valence-corrected chi connectivity index (χ2v) is 6.77. The van der Waals surface area contributed by atoms with Gasteiger partial charge >= 0.3 is 0 Å². The molecule has 2 unspecified atom stereocenters. The molecule has 1 aliphatic rings. The van der Waals surface area contributed by atoms with E-state index in [1.807, 2.05) is 11.8 Å². The average Bonchev–Trinajstić information content (AvgIpc) is 2.23. The Morgan fingerprint density at radius 1 is 1.31 bits per heavy atom. The van der Waals surface area contributed by atoms with Crippen LogP contribution >= 0.6 is 11.8 Å². The summed E-state index contributed by atoms with van der Waals surface area (Å²) in [5, 5.41) is 4.49. The van der Waals surface area contributed by atoms with Gasteiger partial charge in [0.2, 0.25) is 0 Å². The standard InChI is InChI=1S/C13H27NOS/c1-13(2,3)15-9-8-14-11-6-5-7-12(10-11)16-4/h11-12,14H,5-10H2,1-4H3. The Morgan fingerprint density at radius 3 is 2.69 bits per heavy atom. The molecule has 0 saturated heterocycles. The summed E-state index contributed by atoms with van der Waals surface area (Å²) in [6, 6.07) is 0.717. The molecular formula is C13H27NOS. The Morgan fingerprint density at radius 2 is 2.06 bits per heavy atom. The number of nitrogens with one attached hydrogen (secondary N) is 1. The van der Waals surface area contributed by atoms with Gasteiger partial charge in [0.15, 0.2) is 0 Å². The van der Waals surface area contributed by atoms with Crippen molar-refractivity contribution in [3.05, 3.63) is 0 Å². The van der Waals surface area contributed by atoms with Crippen LogP contribution in [0.2, 0.25) is 0 Å². The van der Waals surface area contributed by atoms with Gasteiger partial charge in [-0.25, -0.2) is 0 Å². The van der Waals surface area contributed by atoms with Crippen LogP contribution in [0.5, 0.6) is 0 Å². The Bertz CT molecular complexity index is 191. The van der Waals surface area contributed by atoms with Crippen molar-refractivity contribution < 1.29 is 4.74 Å². The van der Waals surface area contributed by atoms with Gasteiger partial charge < -0.3 is 10.1 Å². The van der Waals surface area contributed by atoms with Gasteiger partial charge in [-0.15, -0.1) is 0 Å². The number of thioether (sulfide) groups is 1. The number of rotatable bonds is 5. The van der Waals surface area contributed by atoms with Gasteiger partial charge in [-0.05, 0) is 46.3 Å². The molecule has 0 aromatic rings. The van der Waals surface area contributed by atoms with E-state index in [0.717, 1.165) is 24.4 Å². The molecule has 2 nitrogen and oxygen atoms in total. The highest BCUT2D eigenvalue weighted by Crippen LogP contribution is 2.26. The highest BCUT2D eigenvalue weighted by Gasteiger charge is 2.20. The van der Waals surface area contributed by atoms with Crippen LogP contribution in [0.3, 0.4) is 0 Å². The van der Waals surface area contributed by atoms with Crippen LogP contribution in [0.1, 0.15) is 46.5 Å². The lowest BCUT2D eigenvalue weighted by Gasteiger charge is -2.29. The second kappa shape index (κ2) is 6.87. The van der Waals surface area contributed by atoms with Crippen molar-refractivity contribution >= 4 is 11.8 Å². The van der Waals surface area contributed by atoms with Crippen molar-refractivity contribution in [1.82, 2.24) is 5.32 Å². The number of hydrogen-bond acceptors (Lipinski definition) is 3. The SMILES string of the molecule is CSC1CCCC(NCCOC(C)(C)C)C1. The van der Waals surface area contributed by atoms with E-state index >= 15 is 0 Å². The summed E-state index contributed by atoms with van der Waals surface area (Å²) >= 11 is 2.02. The molecule has 0 heterocycles. The third-order valence-electron chi connectivity index (χ3n) is 3.03. The Balaban J connectivity index is 2.08. The van der Waals surface area contributed by atoms with E-state index in [2.05, 4.69) is 32.3 Å². The first-order valence-electron chi connectivity index (χ1n) is 6.41. The molecule has 0 aliphatic heterocycles. The highest BCUT2D eigenvalue weighted by molar-refractivity contribution is 7.99. The van der Waals surface area contributed by atoms with Gasteiger partial charge in [0.1, 0.15) is 0 Å². The minimum atomic E-state index is -0.00392.